The third kappa shape index (κ3) is 55.1. The lowest BCUT2D eigenvalue weighted by Crippen LogP contribution is -2.30. The lowest BCUT2D eigenvalue weighted by atomic mass is 10.1. The average molecular weight is 960 g/mol. The molecule has 0 aromatic rings. The number of hydrogen-bond acceptors (Lipinski definition) is 6. The summed E-state index contributed by atoms with van der Waals surface area (Å²) in [5, 5.41) is 0. The first kappa shape index (κ1) is 65.3. The summed E-state index contributed by atoms with van der Waals surface area (Å²) in [6.07, 6.45) is 75.3. The van der Waals surface area contributed by atoms with Crippen molar-refractivity contribution in [2.75, 3.05) is 13.2 Å². The fourth-order valence-electron chi connectivity index (χ4n) is 7.73. The van der Waals surface area contributed by atoms with Crippen LogP contribution in [0.2, 0.25) is 0 Å². The van der Waals surface area contributed by atoms with E-state index in [1.807, 2.05) is 0 Å². The molecule has 1 atom stereocenters. The van der Waals surface area contributed by atoms with Gasteiger partial charge in [0.05, 0.1) is 0 Å². The molecular formula is C63H106O6. The number of unbranched alkanes of at least 4 members (excludes halogenated alkanes) is 24. The van der Waals surface area contributed by atoms with E-state index in [4.69, 9.17) is 14.2 Å². The molecule has 0 spiro atoms. The van der Waals surface area contributed by atoms with Crippen LogP contribution in [0.5, 0.6) is 0 Å². The molecule has 0 aliphatic rings. The number of allylic oxidation sites excluding steroid dienone is 16. The molecule has 0 aromatic carbocycles. The maximum atomic E-state index is 12.9. The first-order valence-corrected chi connectivity index (χ1v) is 28.7. The van der Waals surface area contributed by atoms with Crippen LogP contribution in [0.15, 0.2) is 97.2 Å². The molecular weight excluding hydrogens is 853 g/mol. The monoisotopic (exact) mass is 959 g/mol. The van der Waals surface area contributed by atoms with Crippen molar-refractivity contribution in [1.82, 2.24) is 0 Å². The summed E-state index contributed by atoms with van der Waals surface area (Å²) >= 11 is 0. The van der Waals surface area contributed by atoms with Crippen molar-refractivity contribution in [3.8, 4) is 0 Å². The van der Waals surface area contributed by atoms with Gasteiger partial charge in [-0.25, -0.2) is 0 Å². The molecule has 0 heterocycles. The molecule has 0 N–H and O–H groups in total. The van der Waals surface area contributed by atoms with Crippen molar-refractivity contribution < 1.29 is 28.6 Å². The van der Waals surface area contributed by atoms with Crippen LogP contribution in [0.25, 0.3) is 0 Å². The summed E-state index contributed by atoms with van der Waals surface area (Å²) in [6, 6.07) is 0. The molecule has 0 unspecified atom stereocenters. The minimum atomic E-state index is -0.798. The summed E-state index contributed by atoms with van der Waals surface area (Å²) in [5.41, 5.74) is 0. The quantitative estimate of drug-likeness (QED) is 0.0262. The minimum absolute atomic E-state index is 0.0945. The first-order valence-electron chi connectivity index (χ1n) is 28.7. The van der Waals surface area contributed by atoms with Crippen LogP contribution in [-0.4, -0.2) is 37.2 Å². The number of ether oxygens (including phenoxy) is 3. The van der Waals surface area contributed by atoms with Crippen LogP contribution in [0.3, 0.4) is 0 Å². The van der Waals surface area contributed by atoms with E-state index in [0.29, 0.717) is 19.3 Å². The second-order valence-corrected chi connectivity index (χ2v) is 18.8. The Morgan fingerprint density at radius 3 is 0.942 bits per heavy atom. The van der Waals surface area contributed by atoms with Crippen molar-refractivity contribution >= 4 is 17.9 Å². The summed E-state index contributed by atoms with van der Waals surface area (Å²) < 4.78 is 16.8. The summed E-state index contributed by atoms with van der Waals surface area (Å²) in [4.78, 5) is 38.1. The fourth-order valence-corrected chi connectivity index (χ4v) is 7.73. The SMILES string of the molecule is CC/C=C/C/C=C/C/C=C/C/C=C/C/C=C/CCCCCC(=O)OC[C@@H](COC(=O)CCCCCCC/C=C/CCCCCC)OC(=O)CCCCCCCCCCC/C=C/C/C=C/CCCCC. The van der Waals surface area contributed by atoms with E-state index >= 15 is 0 Å². The van der Waals surface area contributed by atoms with Crippen molar-refractivity contribution in [3.63, 3.8) is 0 Å². The molecule has 0 fully saturated rings. The lowest BCUT2D eigenvalue weighted by molar-refractivity contribution is -0.167. The molecule has 0 aromatic heterocycles. The minimum Gasteiger partial charge on any atom is -0.462 e. The Bertz CT molecular complexity index is 1380. The predicted molar refractivity (Wildman–Crippen MR) is 297 cm³/mol. The van der Waals surface area contributed by atoms with Gasteiger partial charge in [0.1, 0.15) is 13.2 Å². The number of carbonyl (C=O) groups is 3. The molecule has 69 heavy (non-hydrogen) atoms. The zero-order chi connectivity index (χ0) is 50.0. The summed E-state index contributed by atoms with van der Waals surface area (Å²) in [5.74, 6) is -0.937. The van der Waals surface area contributed by atoms with Gasteiger partial charge < -0.3 is 14.2 Å². The van der Waals surface area contributed by atoms with E-state index in [9.17, 15) is 14.4 Å². The highest BCUT2D eigenvalue weighted by molar-refractivity contribution is 5.71. The Kier molecular flexibility index (Phi) is 53.9. The molecule has 0 saturated carbocycles. The molecule has 0 saturated heterocycles. The molecule has 394 valence electrons. The van der Waals surface area contributed by atoms with Crippen molar-refractivity contribution in [2.24, 2.45) is 0 Å². The first-order chi connectivity index (χ1) is 34.0. The average Bonchev–Trinajstić information content (AvgIpc) is 3.35. The standard InChI is InChI=1S/C63H106O6/c1-4-7-10-13-16-19-22-25-27-29-31-33-35-38-41-44-47-50-53-56-62(65)68-59-60(58-67-61(64)55-52-49-46-43-40-37-24-21-18-15-12-9-6-3)69-63(66)57-54-51-48-45-42-39-36-34-32-30-28-26-23-20-17-14-11-8-5-2/h7,10,16-17,19-21,24-28,31,33,38,41,60H,4-6,8-9,11-15,18,22-23,29-30,32,34-37,39-40,42-59H2,1-3H3/b10-7+,19-16+,20-17+,24-21+,27-25+,28-26+,33-31+,41-38+/t60-/m1/s1. The summed E-state index contributed by atoms with van der Waals surface area (Å²) in [7, 11) is 0. The number of carbonyl (C=O) groups excluding carboxylic acids is 3. The Labute approximate surface area is 426 Å². The van der Waals surface area contributed by atoms with E-state index in [-0.39, 0.29) is 31.1 Å². The van der Waals surface area contributed by atoms with Gasteiger partial charge in [-0.2, -0.15) is 0 Å². The Hall–Kier alpha value is -3.67. The molecule has 0 aliphatic heterocycles. The highest BCUT2D eigenvalue weighted by atomic mass is 16.6. The molecule has 0 radical (unpaired) electrons. The Morgan fingerprint density at radius 2 is 0.565 bits per heavy atom. The molecule has 0 bridgehead atoms. The van der Waals surface area contributed by atoms with Crippen LogP contribution in [-0.2, 0) is 28.6 Å². The van der Waals surface area contributed by atoms with E-state index in [1.54, 1.807) is 0 Å². The highest BCUT2D eigenvalue weighted by Crippen LogP contribution is 2.14. The van der Waals surface area contributed by atoms with E-state index in [0.717, 1.165) is 109 Å². The predicted octanol–water partition coefficient (Wildman–Crippen LogP) is 19.3. The third-order valence-corrected chi connectivity index (χ3v) is 12.0. The lowest BCUT2D eigenvalue weighted by Gasteiger charge is -2.18. The van der Waals surface area contributed by atoms with E-state index in [1.165, 1.54) is 116 Å². The molecule has 6 heteroatoms. The molecule has 0 aliphatic carbocycles. The van der Waals surface area contributed by atoms with Crippen LogP contribution in [0.4, 0.5) is 0 Å². The van der Waals surface area contributed by atoms with Gasteiger partial charge in [0.15, 0.2) is 6.10 Å². The van der Waals surface area contributed by atoms with Crippen LogP contribution < -0.4 is 0 Å². The van der Waals surface area contributed by atoms with Gasteiger partial charge in [-0.05, 0) is 122 Å². The fraction of sp³-hybridized carbons (Fsp3) is 0.698. The summed E-state index contributed by atoms with van der Waals surface area (Å²) in [6.45, 7) is 6.45. The molecule has 6 nitrogen and oxygen atoms in total. The topological polar surface area (TPSA) is 78.9 Å². The zero-order valence-corrected chi connectivity index (χ0v) is 45.0. The number of hydrogen-bond donors (Lipinski definition) is 0. The van der Waals surface area contributed by atoms with Gasteiger partial charge in [0.2, 0.25) is 0 Å². The van der Waals surface area contributed by atoms with E-state index < -0.39 is 6.10 Å². The van der Waals surface area contributed by atoms with Crippen LogP contribution in [0, 0.1) is 0 Å². The van der Waals surface area contributed by atoms with Crippen LogP contribution >= 0.6 is 0 Å². The third-order valence-electron chi connectivity index (χ3n) is 12.0. The van der Waals surface area contributed by atoms with E-state index in [2.05, 4.69) is 118 Å². The van der Waals surface area contributed by atoms with Gasteiger partial charge in [0, 0.05) is 19.3 Å². The second kappa shape index (κ2) is 56.9. The largest absolute Gasteiger partial charge is 0.462 e. The van der Waals surface area contributed by atoms with Crippen LogP contribution in [0.1, 0.15) is 265 Å². The highest BCUT2D eigenvalue weighted by Gasteiger charge is 2.19. The Morgan fingerprint density at radius 1 is 0.304 bits per heavy atom. The number of rotatable bonds is 51. The van der Waals surface area contributed by atoms with Crippen molar-refractivity contribution in [1.29, 1.82) is 0 Å². The van der Waals surface area contributed by atoms with Crippen molar-refractivity contribution in [3.05, 3.63) is 97.2 Å². The van der Waals surface area contributed by atoms with Gasteiger partial charge in [-0.3, -0.25) is 14.4 Å². The maximum Gasteiger partial charge on any atom is 0.306 e. The molecule has 0 rings (SSSR count). The smallest absolute Gasteiger partial charge is 0.306 e. The van der Waals surface area contributed by atoms with Gasteiger partial charge >= 0.3 is 17.9 Å². The maximum absolute atomic E-state index is 12.9. The van der Waals surface area contributed by atoms with Gasteiger partial charge in [0.25, 0.3) is 0 Å². The van der Waals surface area contributed by atoms with Crippen molar-refractivity contribution in [2.45, 2.75) is 271 Å². The zero-order valence-electron chi connectivity index (χ0n) is 45.0. The molecule has 0 amide bonds. The van der Waals surface area contributed by atoms with Gasteiger partial charge in [-0.15, -0.1) is 0 Å². The van der Waals surface area contributed by atoms with Gasteiger partial charge in [-0.1, -0.05) is 221 Å². The Balaban J connectivity index is 4.45. The second-order valence-electron chi connectivity index (χ2n) is 18.8. The normalized spacial score (nSPS) is 12.8. The number of esters is 3.